The maximum atomic E-state index is 12.8. The third kappa shape index (κ3) is 3.87. The smallest absolute Gasteiger partial charge is 0.310 e. The molecular formula is C26H31NO3S. The van der Waals surface area contributed by atoms with E-state index in [1.807, 2.05) is 37.3 Å². The highest BCUT2D eigenvalue weighted by Crippen LogP contribution is 2.54. The van der Waals surface area contributed by atoms with Crippen LogP contribution in [0.4, 0.5) is 0 Å². The predicted molar refractivity (Wildman–Crippen MR) is 122 cm³/mol. The summed E-state index contributed by atoms with van der Waals surface area (Å²) < 4.78 is 18.2. The van der Waals surface area contributed by atoms with Crippen LogP contribution in [-0.2, 0) is 26.8 Å². The van der Waals surface area contributed by atoms with E-state index in [0.717, 1.165) is 37.1 Å². The predicted octanol–water partition coefficient (Wildman–Crippen LogP) is 4.17. The molecule has 2 aliphatic heterocycles. The SMILES string of the molecule is CCOC(=O)C1CC2C3CC1N(CCCS(=O)c1ccccc1)C2Cc1ccccc13. The number of hydrogen-bond acceptors (Lipinski definition) is 4. The lowest BCUT2D eigenvalue weighted by Crippen LogP contribution is -2.65. The van der Waals surface area contributed by atoms with Crippen LogP contribution in [0.25, 0.3) is 0 Å². The topological polar surface area (TPSA) is 46.6 Å². The number of carbonyl (C=O) groups is 1. The van der Waals surface area contributed by atoms with Crippen molar-refractivity contribution in [2.75, 3.05) is 18.9 Å². The van der Waals surface area contributed by atoms with E-state index < -0.39 is 10.8 Å². The number of esters is 1. The second-order valence-corrected chi connectivity index (χ2v) is 10.7. The molecule has 0 amide bonds. The largest absolute Gasteiger partial charge is 0.466 e. The number of hydrogen-bond donors (Lipinski definition) is 0. The molecule has 2 aliphatic carbocycles. The van der Waals surface area contributed by atoms with Gasteiger partial charge < -0.3 is 4.74 Å². The molecule has 164 valence electrons. The summed E-state index contributed by atoms with van der Waals surface area (Å²) in [6, 6.07) is 19.3. The van der Waals surface area contributed by atoms with Gasteiger partial charge in [0.25, 0.3) is 0 Å². The molecule has 1 saturated carbocycles. The second-order valence-electron chi connectivity index (χ2n) is 9.09. The molecular weight excluding hydrogens is 406 g/mol. The number of benzene rings is 2. The minimum atomic E-state index is -0.971. The van der Waals surface area contributed by atoms with E-state index in [9.17, 15) is 9.00 Å². The first-order valence-electron chi connectivity index (χ1n) is 11.6. The van der Waals surface area contributed by atoms with E-state index in [4.69, 9.17) is 4.74 Å². The molecule has 2 aromatic carbocycles. The normalized spacial score (nSPS) is 29.9. The maximum absolute atomic E-state index is 12.8. The van der Waals surface area contributed by atoms with E-state index in [1.54, 1.807) is 0 Å². The Morgan fingerprint density at radius 2 is 1.84 bits per heavy atom. The zero-order valence-electron chi connectivity index (χ0n) is 18.1. The Hall–Kier alpha value is -1.98. The van der Waals surface area contributed by atoms with Crippen molar-refractivity contribution >= 4 is 16.8 Å². The summed E-state index contributed by atoms with van der Waals surface area (Å²) in [5.74, 6) is 1.67. The lowest BCUT2D eigenvalue weighted by Gasteiger charge is -2.60. The van der Waals surface area contributed by atoms with Crippen LogP contribution in [0.2, 0.25) is 0 Å². The first kappa shape index (κ1) is 20.9. The number of ether oxygens (including phenoxy) is 1. The van der Waals surface area contributed by atoms with Crippen molar-refractivity contribution in [1.29, 1.82) is 0 Å². The molecule has 6 rings (SSSR count). The molecule has 0 radical (unpaired) electrons. The lowest BCUT2D eigenvalue weighted by molar-refractivity contribution is -0.161. The summed E-state index contributed by atoms with van der Waals surface area (Å²) in [5.41, 5.74) is 2.97. The van der Waals surface area contributed by atoms with Crippen LogP contribution in [0.15, 0.2) is 59.5 Å². The molecule has 6 unspecified atom stereocenters. The van der Waals surface area contributed by atoms with Gasteiger partial charge in [0, 0.05) is 22.7 Å². The zero-order valence-corrected chi connectivity index (χ0v) is 18.9. The van der Waals surface area contributed by atoms with Gasteiger partial charge in [-0.3, -0.25) is 13.9 Å². The molecule has 2 aromatic rings. The van der Waals surface area contributed by atoms with Crippen LogP contribution in [0.5, 0.6) is 0 Å². The van der Waals surface area contributed by atoms with E-state index in [1.165, 1.54) is 11.1 Å². The average Bonchev–Trinajstić information content (AvgIpc) is 2.81. The summed E-state index contributed by atoms with van der Waals surface area (Å²) >= 11 is 0. The number of piperidine rings is 2. The molecule has 4 aliphatic rings. The highest BCUT2D eigenvalue weighted by Gasteiger charge is 2.55. The summed E-state index contributed by atoms with van der Waals surface area (Å²) in [5, 5.41) is 0. The third-order valence-corrected chi connectivity index (χ3v) is 9.03. The van der Waals surface area contributed by atoms with Crippen LogP contribution >= 0.6 is 0 Å². The number of fused-ring (bicyclic) bond motifs is 2. The first-order chi connectivity index (χ1) is 15.2. The van der Waals surface area contributed by atoms with Crippen LogP contribution in [0.3, 0.4) is 0 Å². The highest BCUT2D eigenvalue weighted by atomic mass is 32.2. The van der Waals surface area contributed by atoms with Gasteiger partial charge in [0.05, 0.1) is 23.3 Å². The van der Waals surface area contributed by atoms with Crippen molar-refractivity contribution in [1.82, 2.24) is 4.90 Å². The fourth-order valence-corrected chi connectivity index (χ4v) is 7.42. The number of nitrogens with zero attached hydrogens (tertiary/aromatic N) is 1. The van der Waals surface area contributed by atoms with E-state index >= 15 is 0 Å². The Bertz CT molecular complexity index is 962. The van der Waals surface area contributed by atoms with Crippen molar-refractivity contribution in [3.05, 3.63) is 65.7 Å². The molecule has 4 nitrogen and oxygen atoms in total. The summed E-state index contributed by atoms with van der Waals surface area (Å²) in [7, 11) is -0.971. The van der Waals surface area contributed by atoms with Crippen molar-refractivity contribution < 1.29 is 13.7 Å². The van der Waals surface area contributed by atoms with Gasteiger partial charge in [0.15, 0.2) is 0 Å². The molecule has 2 heterocycles. The van der Waals surface area contributed by atoms with Gasteiger partial charge >= 0.3 is 5.97 Å². The molecule has 6 atom stereocenters. The van der Waals surface area contributed by atoms with Gasteiger partial charge in [0.1, 0.15) is 0 Å². The van der Waals surface area contributed by atoms with Crippen LogP contribution in [-0.4, -0.2) is 46.1 Å². The summed E-state index contributed by atoms with van der Waals surface area (Å²) in [4.78, 5) is 16.3. The van der Waals surface area contributed by atoms with Crippen molar-refractivity contribution in [2.45, 2.75) is 55.5 Å². The minimum absolute atomic E-state index is 0.0256. The van der Waals surface area contributed by atoms with Crippen molar-refractivity contribution in [3.63, 3.8) is 0 Å². The van der Waals surface area contributed by atoms with Gasteiger partial charge in [-0.2, -0.15) is 0 Å². The average molecular weight is 438 g/mol. The number of rotatable bonds is 7. The van der Waals surface area contributed by atoms with E-state index in [-0.39, 0.29) is 17.9 Å². The van der Waals surface area contributed by atoms with E-state index in [0.29, 0.717) is 30.2 Å². The molecule has 4 bridgehead atoms. The van der Waals surface area contributed by atoms with Crippen molar-refractivity contribution in [3.8, 4) is 0 Å². The van der Waals surface area contributed by atoms with Crippen molar-refractivity contribution in [2.24, 2.45) is 11.8 Å². The molecule has 2 saturated heterocycles. The minimum Gasteiger partial charge on any atom is -0.466 e. The Morgan fingerprint density at radius 1 is 1.06 bits per heavy atom. The molecule has 0 N–H and O–H groups in total. The first-order valence-corrected chi connectivity index (χ1v) is 12.9. The van der Waals surface area contributed by atoms with Gasteiger partial charge in [-0.25, -0.2) is 0 Å². The fraction of sp³-hybridized carbons (Fsp3) is 0.500. The zero-order chi connectivity index (χ0) is 21.4. The molecule has 5 heteroatoms. The highest BCUT2D eigenvalue weighted by molar-refractivity contribution is 7.85. The van der Waals surface area contributed by atoms with Gasteiger partial charge in [0.2, 0.25) is 0 Å². The Balaban J connectivity index is 1.34. The maximum Gasteiger partial charge on any atom is 0.310 e. The van der Waals surface area contributed by atoms with Gasteiger partial charge in [-0.05, 0) is 74.2 Å². The summed E-state index contributed by atoms with van der Waals surface area (Å²) in [6.07, 6.45) is 3.91. The third-order valence-electron chi connectivity index (χ3n) is 7.57. The Kier molecular flexibility index (Phi) is 5.98. The molecule has 0 aromatic heterocycles. The Labute approximate surface area is 187 Å². The standard InChI is InChI=1S/C26H31NO3S/c1-2-30-26(28)23-16-22-21-17-25(23)27(24(22)15-18-9-6-7-12-20(18)21)13-8-14-31(29)19-10-4-3-5-11-19/h3-7,9-12,21-25H,2,8,13-17H2,1H3. The van der Waals surface area contributed by atoms with Crippen LogP contribution in [0.1, 0.15) is 43.2 Å². The van der Waals surface area contributed by atoms with E-state index in [2.05, 4.69) is 29.2 Å². The lowest BCUT2D eigenvalue weighted by atomic mass is 9.57. The quantitative estimate of drug-likeness (QED) is 0.610. The second kappa shape index (κ2) is 8.87. The van der Waals surface area contributed by atoms with Gasteiger partial charge in [-0.15, -0.1) is 0 Å². The fourth-order valence-electron chi connectivity index (χ4n) is 6.33. The van der Waals surface area contributed by atoms with Crippen LogP contribution in [0, 0.1) is 11.8 Å². The monoisotopic (exact) mass is 437 g/mol. The summed E-state index contributed by atoms with van der Waals surface area (Å²) in [6.45, 7) is 3.23. The van der Waals surface area contributed by atoms with Crippen LogP contribution < -0.4 is 0 Å². The Morgan fingerprint density at radius 3 is 2.65 bits per heavy atom. The molecule has 3 fully saturated rings. The molecule has 31 heavy (non-hydrogen) atoms. The van der Waals surface area contributed by atoms with Gasteiger partial charge in [-0.1, -0.05) is 42.5 Å². The molecule has 0 spiro atoms. The number of carbonyl (C=O) groups excluding carboxylic acids is 1.